The van der Waals surface area contributed by atoms with Crippen LogP contribution in [0.2, 0.25) is 0 Å². The lowest BCUT2D eigenvalue weighted by Crippen LogP contribution is -2.25. The summed E-state index contributed by atoms with van der Waals surface area (Å²) in [6.45, 7) is 4.69. The molecule has 2 rings (SSSR count). The third kappa shape index (κ3) is 2.10. The quantitative estimate of drug-likeness (QED) is 0.665. The van der Waals surface area contributed by atoms with Gasteiger partial charge in [-0.25, -0.2) is 0 Å². The standard InChI is InChI=1S/C12H16N/c1-11-6-5-9-13(11)10-12-7-3-2-4-8-12/h3-4,7-8,11H,5-6,9-10H2,1H3/t11-/m1/s1. The Morgan fingerprint density at radius 1 is 1.46 bits per heavy atom. The van der Waals surface area contributed by atoms with Crippen LogP contribution in [-0.2, 0) is 6.54 Å². The predicted molar refractivity (Wildman–Crippen MR) is 54.4 cm³/mol. The molecule has 1 aliphatic heterocycles. The molecule has 0 saturated carbocycles. The molecule has 1 aromatic rings. The summed E-state index contributed by atoms with van der Waals surface area (Å²) in [5.41, 5.74) is 1.41. The van der Waals surface area contributed by atoms with Gasteiger partial charge in [0.1, 0.15) is 0 Å². The zero-order valence-electron chi connectivity index (χ0n) is 8.16. The van der Waals surface area contributed by atoms with Crippen LogP contribution < -0.4 is 0 Å². The Kier molecular flexibility index (Phi) is 2.65. The maximum Gasteiger partial charge on any atom is 0.0236 e. The molecular formula is C12H16N. The first-order valence-electron chi connectivity index (χ1n) is 5.05. The highest BCUT2D eigenvalue weighted by Crippen LogP contribution is 2.18. The second-order valence-electron chi connectivity index (χ2n) is 3.87. The van der Waals surface area contributed by atoms with Gasteiger partial charge in [0, 0.05) is 12.6 Å². The Labute approximate surface area is 80.4 Å². The van der Waals surface area contributed by atoms with Gasteiger partial charge < -0.3 is 0 Å². The first kappa shape index (κ1) is 8.76. The normalized spacial score (nSPS) is 23.6. The van der Waals surface area contributed by atoms with E-state index in [0.29, 0.717) is 0 Å². The number of nitrogens with zero attached hydrogens (tertiary/aromatic N) is 1. The van der Waals surface area contributed by atoms with E-state index in [1.165, 1.54) is 24.9 Å². The van der Waals surface area contributed by atoms with Crippen molar-refractivity contribution in [2.24, 2.45) is 0 Å². The van der Waals surface area contributed by atoms with Crippen molar-refractivity contribution in [1.29, 1.82) is 0 Å². The van der Waals surface area contributed by atoms with Crippen molar-refractivity contribution >= 4 is 0 Å². The highest BCUT2D eigenvalue weighted by atomic mass is 15.2. The Morgan fingerprint density at radius 2 is 2.23 bits per heavy atom. The fourth-order valence-corrected chi connectivity index (χ4v) is 1.99. The second-order valence-corrected chi connectivity index (χ2v) is 3.87. The fraction of sp³-hybridized carbons (Fsp3) is 0.500. The summed E-state index contributed by atoms with van der Waals surface area (Å²) in [4.78, 5) is 2.55. The molecule has 1 saturated heterocycles. The van der Waals surface area contributed by atoms with Gasteiger partial charge >= 0.3 is 0 Å². The lowest BCUT2D eigenvalue weighted by molar-refractivity contribution is 0.260. The third-order valence-electron chi connectivity index (χ3n) is 2.86. The Morgan fingerprint density at radius 3 is 2.85 bits per heavy atom. The molecule has 1 heterocycles. The molecule has 0 aliphatic carbocycles. The van der Waals surface area contributed by atoms with Crippen LogP contribution in [0.25, 0.3) is 0 Å². The summed E-state index contributed by atoms with van der Waals surface area (Å²) < 4.78 is 0. The van der Waals surface area contributed by atoms with Gasteiger partial charge in [-0.1, -0.05) is 24.3 Å². The van der Waals surface area contributed by atoms with Gasteiger partial charge in [0.05, 0.1) is 0 Å². The van der Waals surface area contributed by atoms with E-state index in [0.717, 1.165) is 12.6 Å². The van der Waals surface area contributed by atoms with Crippen LogP contribution in [0.5, 0.6) is 0 Å². The summed E-state index contributed by atoms with van der Waals surface area (Å²) in [6.07, 6.45) is 2.72. The minimum absolute atomic E-state index is 0.768. The molecule has 1 nitrogen and oxygen atoms in total. The second kappa shape index (κ2) is 3.93. The molecule has 0 amide bonds. The molecule has 1 atom stereocenters. The molecule has 69 valence electrons. The molecule has 0 aromatic heterocycles. The van der Waals surface area contributed by atoms with E-state index >= 15 is 0 Å². The topological polar surface area (TPSA) is 3.24 Å². The molecule has 0 N–H and O–H groups in total. The van der Waals surface area contributed by atoms with Crippen LogP contribution in [0.4, 0.5) is 0 Å². The number of hydrogen-bond acceptors (Lipinski definition) is 1. The molecule has 1 radical (unpaired) electrons. The summed E-state index contributed by atoms with van der Waals surface area (Å²) in [5.74, 6) is 0. The monoisotopic (exact) mass is 174 g/mol. The van der Waals surface area contributed by atoms with Crippen LogP contribution >= 0.6 is 0 Å². The molecule has 1 fully saturated rings. The molecule has 1 heteroatoms. The van der Waals surface area contributed by atoms with Gasteiger partial charge in [-0.15, -0.1) is 0 Å². The van der Waals surface area contributed by atoms with E-state index in [9.17, 15) is 0 Å². The highest BCUT2D eigenvalue weighted by molar-refractivity contribution is 5.13. The Hall–Kier alpha value is -0.820. The number of rotatable bonds is 2. The maximum atomic E-state index is 3.05. The van der Waals surface area contributed by atoms with Crippen LogP contribution in [0.1, 0.15) is 25.3 Å². The van der Waals surface area contributed by atoms with Crippen LogP contribution in [-0.4, -0.2) is 17.5 Å². The lowest BCUT2D eigenvalue weighted by atomic mass is 10.2. The summed E-state index contributed by atoms with van der Waals surface area (Å²) >= 11 is 0. The SMILES string of the molecule is C[C@@H]1CCCN1Cc1cc[c]cc1. The first-order chi connectivity index (χ1) is 6.36. The van der Waals surface area contributed by atoms with Gasteiger partial charge in [-0.3, -0.25) is 4.90 Å². The summed E-state index contributed by atoms with van der Waals surface area (Å²) in [6, 6.07) is 12.1. The minimum Gasteiger partial charge on any atom is -0.296 e. The number of hydrogen-bond donors (Lipinski definition) is 0. The molecular weight excluding hydrogens is 158 g/mol. The van der Waals surface area contributed by atoms with Crippen molar-refractivity contribution in [3.63, 3.8) is 0 Å². The molecule has 1 aliphatic rings. The van der Waals surface area contributed by atoms with Crippen molar-refractivity contribution in [2.45, 2.75) is 32.4 Å². The molecule has 0 unspecified atom stereocenters. The van der Waals surface area contributed by atoms with Crippen LogP contribution in [0.3, 0.4) is 0 Å². The average Bonchev–Trinajstić information content (AvgIpc) is 2.54. The fourth-order valence-electron chi connectivity index (χ4n) is 1.99. The van der Waals surface area contributed by atoms with E-state index in [-0.39, 0.29) is 0 Å². The van der Waals surface area contributed by atoms with Crippen molar-refractivity contribution in [3.05, 3.63) is 35.9 Å². The number of benzene rings is 1. The maximum absolute atomic E-state index is 3.05. The van der Waals surface area contributed by atoms with E-state index in [4.69, 9.17) is 0 Å². The lowest BCUT2D eigenvalue weighted by Gasteiger charge is -2.20. The Bertz CT molecular complexity index is 255. The van der Waals surface area contributed by atoms with Gasteiger partial charge in [0.2, 0.25) is 0 Å². The smallest absolute Gasteiger partial charge is 0.0236 e. The highest BCUT2D eigenvalue weighted by Gasteiger charge is 2.19. The van der Waals surface area contributed by atoms with Gasteiger partial charge in [0.25, 0.3) is 0 Å². The Balaban J connectivity index is 1.98. The van der Waals surface area contributed by atoms with Crippen molar-refractivity contribution < 1.29 is 0 Å². The predicted octanol–water partition coefficient (Wildman–Crippen LogP) is 2.47. The molecule has 13 heavy (non-hydrogen) atoms. The zero-order valence-corrected chi connectivity index (χ0v) is 8.16. The van der Waals surface area contributed by atoms with Crippen LogP contribution in [0.15, 0.2) is 24.3 Å². The summed E-state index contributed by atoms with van der Waals surface area (Å²) in [5, 5.41) is 0. The average molecular weight is 174 g/mol. The van der Waals surface area contributed by atoms with Gasteiger partial charge in [0.15, 0.2) is 0 Å². The van der Waals surface area contributed by atoms with Gasteiger partial charge in [-0.05, 0) is 37.9 Å². The molecule has 1 aromatic carbocycles. The largest absolute Gasteiger partial charge is 0.296 e. The van der Waals surface area contributed by atoms with Gasteiger partial charge in [-0.2, -0.15) is 0 Å². The van der Waals surface area contributed by atoms with Crippen molar-refractivity contribution in [2.75, 3.05) is 6.54 Å². The summed E-state index contributed by atoms with van der Waals surface area (Å²) in [7, 11) is 0. The van der Waals surface area contributed by atoms with Crippen LogP contribution in [0, 0.1) is 6.07 Å². The van der Waals surface area contributed by atoms with Crippen molar-refractivity contribution in [3.8, 4) is 0 Å². The van der Waals surface area contributed by atoms with E-state index in [1.54, 1.807) is 0 Å². The van der Waals surface area contributed by atoms with E-state index in [2.05, 4.69) is 30.0 Å². The molecule has 0 bridgehead atoms. The van der Waals surface area contributed by atoms with E-state index in [1.807, 2.05) is 12.1 Å². The van der Waals surface area contributed by atoms with Crippen molar-refractivity contribution in [1.82, 2.24) is 4.90 Å². The third-order valence-corrected chi connectivity index (χ3v) is 2.86. The zero-order chi connectivity index (χ0) is 9.10. The minimum atomic E-state index is 0.768. The first-order valence-corrected chi connectivity index (χ1v) is 5.05. The van der Waals surface area contributed by atoms with E-state index < -0.39 is 0 Å². The number of likely N-dealkylation sites (tertiary alicyclic amines) is 1. The molecule has 0 spiro atoms.